The smallest absolute Gasteiger partial charge is 0.220 e. The van der Waals surface area contributed by atoms with E-state index in [9.17, 15) is 14.0 Å². The van der Waals surface area contributed by atoms with Gasteiger partial charge in [0, 0.05) is 19.4 Å². The van der Waals surface area contributed by atoms with E-state index in [0.29, 0.717) is 6.54 Å². The number of rotatable bonds is 7. The molecule has 4 heteroatoms. The minimum absolute atomic E-state index is 0.0111. The summed E-state index contributed by atoms with van der Waals surface area (Å²) in [6.07, 6.45) is 0.826. The minimum Gasteiger partial charge on any atom is -0.356 e. The quantitative estimate of drug-likeness (QED) is 0.796. The number of Topliss-reactive ketones (excluding diaryl/α,β-unsaturated/α-hetero) is 1. The second-order valence-corrected chi connectivity index (χ2v) is 5.49. The lowest BCUT2D eigenvalue weighted by atomic mass is 10.1. The lowest BCUT2D eigenvalue weighted by molar-refractivity contribution is -0.121. The van der Waals surface area contributed by atoms with Gasteiger partial charge in [-0.25, -0.2) is 4.39 Å². The highest BCUT2D eigenvalue weighted by molar-refractivity contribution is 5.98. The zero-order valence-electron chi connectivity index (χ0n) is 13.1. The van der Waals surface area contributed by atoms with Crippen LogP contribution in [0.25, 0.3) is 0 Å². The fourth-order valence-corrected chi connectivity index (χ4v) is 2.35. The van der Waals surface area contributed by atoms with Gasteiger partial charge >= 0.3 is 0 Å². The molecule has 0 fully saturated rings. The number of nitrogens with one attached hydrogen (secondary N) is 1. The van der Waals surface area contributed by atoms with Gasteiger partial charge in [-0.2, -0.15) is 0 Å². The second-order valence-electron chi connectivity index (χ2n) is 5.49. The van der Waals surface area contributed by atoms with Crippen LogP contribution in [0, 0.1) is 12.7 Å². The Balaban J connectivity index is 1.73. The number of carbonyl (C=O) groups excluding carboxylic acids is 2. The van der Waals surface area contributed by atoms with Gasteiger partial charge in [0.2, 0.25) is 5.91 Å². The highest BCUT2D eigenvalue weighted by atomic mass is 19.1. The first kappa shape index (κ1) is 16.9. The maximum absolute atomic E-state index is 13.5. The Morgan fingerprint density at radius 2 is 1.83 bits per heavy atom. The molecule has 3 nitrogen and oxygen atoms in total. The Labute approximate surface area is 135 Å². The summed E-state index contributed by atoms with van der Waals surface area (Å²) in [7, 11) is 0. The molecule has 0 spiro atoms. The molecule has 1 N–H and O–H groups in total. The number of amides is 1. The molecule has 23 heavy (non-hydrogen) atoms. The molecule has 2 aromatic carbocycles. The highest BCUT2D eigenvalue weighted by Gasteiger charge is 2.12. The maximum Gasteiger partial charge on any atom is 0.220 e. The molecule has 2 rings (SSSR count). The van der Waals surface area contributed by atoms with Gasteiger partial charge in [-0.05, 0) is 31.0 Å². The molecule has 0 aliphatic carbocycles. The number of hydrogen-bond acceptors (Lipinski definition) is 2. The molecule has 0 aliphatic heterocycles. The molecular weight excluding hydrogens is 293 g/mol. The number of ketones is 1. The Morgan fingerprint density at radius 3 is 2.57 bits per heavy atom. The van der Waals surface area contributed by atoms with Crippen LogP contribution in [0.4, 0.5) is 4.39 Å². The van der Waals surface area contributed by atoms with E-state index in [1.807, 2.05) is 25.1 Å². The molecule has 0 saturated heterocycles. The Bertz CT molecular complexity index is 697. The van der Waals surface area contributed by atoms with Crippen molar-refractivity contribution in [3.05, 3.63) is 71.0 Å². The SMILES string of the molecule is Cc1cccc(CCNC(=O)CCC(=O)c2ccccc2F)c1. The topological polar surface area (TPSA) is 46.2 Å². The predicted octanol–water partition coefficient (Wildman–Crippen LogP) is 3.46. The van der Waals surface area contributed by atoms with Crippen LogP contribution in [0.2, 0.25) is 0 Å². The van der Waals surface area contributed by atoms with Crippen molar-refractivity contribution in [2.45, 2.75) is 26.2 Å². The van der Waals surface area contributed by atoms with Crippen LogP contribution >= 0.6 is 0 Å². The lowest BCUT2D eigenvalue weighted by Gasteiger charge is -2.06. The normalized spacial score (nSPS) is 10.3. The van der Waals surface area contributed by atoms with E-state index in [1.54, 1.807) is 6.07 Å². The molecule has 120 valence electrons. The van der Waals surface area contributed by atoms with E-state index in [0.717, 1.165) is 12.0 Å². The van der Waals surface area contributed by atoms with E-state index in [-0.39, 0.29) is 30.1 Å². The van der Waals surface area contributed by atoms with Gasteiger partial charge < -0.3 is 5.32 Å². The fraction of sp³-hybridized carbons (Fsp3) is 0.263. The Hall–Kier alpha value is -2.49. The summed E-state index contributed by atoms with van der Waals surface area (Å²) >= 11 is 0. The average molecular weight is 313 g/mol. The van der Waals surface area contributed by atoms with Crippen molar-refractivity contribution in [3.8, 4) is 0 Å². The first-order chi connectivity index (χ1) is 11.1. The summed E-state index contributed by atoms with van der Waals surface area (Å²) in [6, 6.07) is 13.9. The van der Waals surface area contributed by atoms with E-state index in [1.165, 1.54) is 23.8 Å². The third-order valence-electron chi connectivity index (χ3n) is 3.57. The molecule has 0 saturated carbocycles. The van der Waals surface area contributed by atoms with Crippen molar-refractivity contribution in [2.75, 3.05) is 6.54 Å². The van der Waals surface area contributed by atoms with Gasteiger partial charge in [0.1, 0.15) is 5.82 Å². The molecular formula is C19H20FNO2. The number of carbonyl (C=O) groups is 2. The third-order valence-corrected chi connectivity index (χ3v) is 3.57. The van der Waals surface area contributed by atoms with E-state index in [2.05, 4.69) is 11.4 Å². The fourth-order valence-electron chi connectivity index (χ4n) is 2.35. The molecule has 1 amide bonds. The maximum atomic E-state index is 13.5. The van der Waals surface area contributed by atoms with Crippen LogP contribution < -0.4 is 5.32 Å². The molecule has 0 heterocycles. The number of benzene rings is 2. The summed E-state index contributed by atoms with van der Waals surface area (Å²) in [5, 5.41) is 2.79. The molecule has 0 atom stereocenters. The molecule has 0 aliphatic rings. The van der Waals surface area contributed by atoms with Crippen LogP contribution in [0.3, 0.4) is 0 Å². The van der Waals surface area contributed by atoms with Crippen molar-refractivity contribution >= 4 is 11.7 Å². The van der Waals surface area contributed by atoms with Gasteiger partial charge in [-0.15, -0.1) is 0 Å². The standard InChI is InChI=1S/C19H20FNO2/c1-14-5-4-6-15(13-14)11-12-21-19(23)10-9-18(22)16-7-2-3-8-17(16)20/h2-8,13H,9-12H2,1H3,(H,21,23). The lowest BCUT2D eigenvalue weighted by Crippen LogP contribution is -2.26. The van der Waals surface area contributed by atoms with E-state index in [4.69, 9.17) is 0 Å². The zero-order valence-corrected chi connectivity index (χ0v) is 13.1. The van der Waals surface area contributed by atoms with Gasteiger partial charge in [-0.1, -0.05) is 42.0 Å². The summed E-state index contributed by atoms with van der Waals surface area (Å²) in [5.41, 5.74) is 2.39. The van der Waals surface area contributed by atoms with Gasteiger partial charge in [-0.3, -0.25) is 9.59 Å². The minimum atomic E-state index is -0.544. The van der Waals surface area contributed by atoms with Crippen molar-refractivity contribution in [1.82, 2.24) is 5.32 Å². The van der Waals surface area contributed by atoms with Crippen LogP contribution in [0.1, 0.15) is 34.3 Å². The van der Waals surface area contributed by atoms with Crippen molar-refractivity contribution in [3.63, 3.8) is 0 Å². The number of aryl methyl sites for hydroxylation is 1. The first-order valence-electron chi connectivity index (χ1n) is 7.66. The van der Waals surface area contributed by atoms with Crippen molar-refractivity contribution < 1.29 is 14.0 Å². The molecule has 0 radical (unpaired) electrons. The average Bonchev–Trinajstić information content (AvgIpc) is 2.53. The summed E-state index contributed by atoms with van der Waals surface area (Å²) in [6.45, 7) is 2.55. The monoisotopic (exact) mass is 313 g/mol. The molecule has 0 unspecified atom stereocenters. The summed E-state index contributed by atoms with van der Waals surface area (Å²) in [4.78, 5) is 23.6. The van der Waals surface area contributed by atoms with Crippen molar-refractivity contribution in [1.29, 1.82) is 0 Å². The van der Waals surface area contributed by atoms with Crippen LogP contribution in [0.15, 0.2) is 48.5 Å². The second kappa shape index (κ2) is 8.22. The summed E-state index contributed by atoms with van der Waals surface area (Å²) < 4.78 is 13.5. The number of hydrogen-bond donors (Lipinski definition) is 1. The summed E-state index contributed by atoms with van der Waals surface area (Å²) in [5.74, 6) is -1.09. The number of halogens is 1. The largest absolute Gasteiger partial charge is 0.356 e. The molecule has 0 aromatic heterocycles. The first-order valence-corrected chi connectivity index (χ1v) is 7.66. The molecule has 0 bridgehead atoms. The van der Waals surface area contributed by atoms with Gasteiger partial charge in [0.05, 0.1) is 5.56 Å². The van der Waals surface area contributed by atoms with E-state index >= 15 is 0 Å². The highest BCUT2D eigenvalue weighted by Crippen LogP contribution is 2.10. The van der Waals surface area contributed by atoms with Gasteiger partial charge in [0.15, 0.2) is 5.78 Å². The Kier molecular flexibility index (Phi) is 6.03. The van der Waals surface area contributed by atoms with Crippen molar-refractivity contribution in [2.24, 2.45) is 0 Å². The predicted molar refractivity (Wildman–Crippen MR) is 87.9 cm³/mol. The third kappa shape index (κ3) is 5.33. The van der Waals surface area contributed by atoms with Crippen LogP contribution in [-0.2, 0) is 11.2 Å². The van der Waals surface area contributed by atoms with E-state index < -0.39 is 5.82 Å². The molecule has 2 aromatic rings. The van der Waals surface area contributed by atoms with Crippen LogP contribution in [-0.4, -0.2) is 18.2 Å². The van der Waals surface area contributed by atoms with Gasteiger partial charge in [0.25, 0.3) is 0 Å². The van der Waals surface area contributed by atoms with Crippen LogP contribution in [0.5, 0.6) is 0 Å². The Morgan fingerprint density at radius 1 is 1.04 bits per heavy atom. The zero-order chi connectivity index (χ0) is 16.7.